The van der Waals surface area contributed by atoms with Gasteiger partial charge in [0.05, 0.1) is 6.54 Å². The number of amidine groups is 1. The van der Waals surface area contributed by atoms with E-state index < -0.39 is 10.0 Å². The SMILES string of the molecule is CN(Cc1nccn1Cc1ccccc1)C1=NS(=O)(=O)c2ccccc21. The molecule has 0 atom stereocenters. The summed E-state index contributed by atoms with van der Waals surface area (Å²) in [5.41, 5.74) is 1.82. The molecule has 1 aliphatic rings. The summed E-state index contributed by atoms with van der Waals surface area (Å²) < 4.78 is 30.5. The second-order valence-corrected chi connectivity index (χ2v) is 7.77. The Balaban J connectivity index is 1.59. The molecule has 1 aliphatic heterocycles. The van der Waals surface area contributed by atoms with Gasteiger partial charge in [-0.1, -0.05) is 42.5 Å². The van der Waals surface area contributed by atoms with Crippen molar-refractivity contribution in [1.82, 2.24) is 14.5 Å². The summed E-state index contributed by atoms with van der Waals surface area (Å²) in [6.45, 7) is 1.17. The van der Waals surface area contributed by atoms with Gasteiger partial charge >= 0.3 is 0 Å². The third-order valence-corrected chi connectivity index (χ3v) is 5.68. The van der Waals surface area contributed by atoms with Crippen molar-refractivity contribution < 1.29 is 8.42 Å². The van der Waals surface area contributed by atoms with Crippen LogP contribution in [0.25, 0.3) is 0 Å². The molecule has 4 rings (SSSR count). The van der Waals surface area contributed by atoms with Gasteiger partial charge in [-0.25, -0.2) is 4.98 Å². The molecule has 0 saturated heterocycles. The highest BCUT2D eigenvalue weighted by Crippen LogP contribution is 2.27. The van der Waals surface area contributed by atoms with Gasteiger partial charge in [0.2, 0.25) is 0 Å². The monoisotopic (exact) mass is 366 g/mol. The second-order valence-electron chi connectivity index (χ2n) is 6.20. The van der Waals surface area contributed by atoms with Crippen molar-refractivity contribution in [3.8, 4) is 0 Å². The van der Waals surface area contributed by atoms with Crippen molar-refractivity contribution in [3.05, 3.63) is 83.9 Å². The van der Waals surface area contributed by atoms with Crippen LogP contribution in [0, 0.1) is 0 Å². The summed E-state index contributed by atoms with van der Waals surface area (Å²) in [5, 5.41) is 0. The fourth-order valence-corrected chi connectivity index (χ4v) is 4.32. The van der Waals surface area contributed by atoms with Crippen LogP contribution in [0.3, 0.4) is 0 Å². The molecule has 2 aromatic carbocycles. The van der Waals surface area contributed by atoms with Crippen LogP contribution in [-0.4, -0.2) is 35.8 Å². The molecule has 0 aliphatic carbocycles. The van der Waals surface area contributed by atoms with Gasteiger partial charge in [-0.3, -0.25) is 0 Å². The number of hydrogen-bond acceptors (Lipinski definition) is 4. The quantitative estimate of drug-likeness (QED) is 0.712. The highest BCUT2D eigenvalue weighted by molar-refractivity contribution is 7.90. The van der Waals surface area contributed by atoms with E-state index in [1.165, 1.54) is 5.56 Å². The van der Waals surface area contributed by atoms with Crippen LogP contribution in [0.4, 0.5) is 0 Å². The van der Waals surface area contributed by atoms with Crippen molar-refractivity contribution in [2.45, 2.75) is 18.0 Å². The van der Waals surface area contributed by atoms with Gasteiger partial charge in [0, 0.05) is 31.5 Å². The first kappa shape index (κ1) is 16.5. The van der Waals surface area contributed by atoms with Crippen molar-refractivity contribution in [2.24, 2.45) is 4.40 Å². The lowest BCUT2D eigenvalue weighted by Crippen LogP contribution is -2.27. The van der Waals surface area contributed by atoms with Gasteiger partial charge in [0.15, 0.2) is 5.84 Å². The molecule has 0 amide bonds. The van der Waals surface area contributed by atoms with E-state index in [1.807, 2.05) is 42.4 Å². The zero-order valence-electron chi connectivity index (χ0n) is 14.3. The fourth-order valence-electron chi connectivity index (χ4n) is 3.07. The average molecular weight is 366 g/mol. The molecule has 0 unspecified atom stereocenters. The maximum absolute atomic E-state index is 12.2. The predicted octanol–water partition coefficient (Wildman–Crippen LogP) is 2.51. The van der Waals surface area contributed by atoms with Crippen LogP contribution in [0.2, 0.25) is 0 Å². The van der Waals surface area contributed by atoms with Crippen LogP contribution in [0.1, 0.15) is 17.0 Å². The molecule has 7 heteroatoms. The Labute approximate surface area is 152 Å². The minimum Gasteiger partial charge on any atom is -0.351 e. The van der Waals surface area contributed by atoms with Crippen LogP contribution < -0.4 is 0 Å². The molecule has 2 heterocycles. The average Bonchev–Trinajstić information content (AvgIpc) is 3.18. The van der Waals surface area contributed by atoms with E-state index in [0.29, 0.717) is 24.5 Å². The molecular formula is C19H18N4O2S. The first-order valence-corrected chi connectivity index (χ1v) is 9.68. The number of hydrogen-bond donors (Lipinski definition) is 0. The molecule has 0 saturated carbocycles. The van der Waals surface area contributed by atoms with Crippen molar-refractivity contribution in [1.29, 1.82) is 0 Å². The summed E-state index contributed by atoms with van der Waals surface area (Å²) >= 11 is 0. The Morgan fingerprint density at radius 1 is 1.04 bits per heavy atom. The molecule has 0 N–H and O–H groups in total. The molecular weight excluding hydrogens is 348 g/mol. The van der Waals surface area contributed by atoms with Crippen LogP contribution in [0.5, 0.6) is 0 Å². The van der Waals surface area contributed by atoms with E-state index in [4.69, 9.17) is 0 Å². The number of fused-ring (bicyclic) bond motifs is 1. The Morgan fingerprint density at radius 2 is 1.77 bits per heavy atom. The van der Waals surface area contributed by atoms with E-state index in [2.05, 4.69) is 26.1 Å². The van der Waals surface area contributed by atoms with E-state index in [9.17, 15) is 8.42 Å². The van der Waals surface area contributed by atoms with E-state index >= 15 is 0 Å². The Kier molecular flexibility index (Phi) is 4.08. The van der Waals surface area contributed by atoms with Crippen molar-refractivity contribution >= 4 is 15.9 Å². The summed E-state index contributed by atoms with van der Waals surface area (Å²) in [6, 6.07) is 17.0. The first-order chi connectivity index (χ1) is 12.5. The molecule has 26 heavy (non-hydrogen) atoms. The number of sulfonamides is 1. The third-order valence-electron chi connectivity index (χ3n) is 4.35. The topological polar surface area (TPSA) is 67.6 Å². The largest absolute Gasteiger partial charge is 0.351 e. The van der Waals surface area contributed by atoms with Gasteiger partial charge in [-0.2, -0.15) is 8.42 Å². The molecule has 6 nitrogen and oxygen atoms in total. The number of rotatable bonds is 4. The molecule has 1 aromatic heterocycles. The lowest BCUT2D eigenvalue weighted by Gasteiger charge is -2.19. The van der Waals surface area contributed by atoms with E-state index in [0.717, 1.165) is 5.82 Å². The zero-order chi connectivity index (χ0) is 18.1. The van der Waals surface area contributed by atoms with Gasteiger partial charge in [-0.15, -0.1) is 4.40 Å². The van der Waals surface area contributed by atoms with Gasteiger partial charge < -0.3 is 9.47 Å². The Morgan fingerprint density at radius 3 is 2.58 bits per heavy atom. The molecule has 0 fully saturated rings. The first-order valence-electron chi connectivity index (χ1n) is 8.24. The lowest BCUT2D eigenvalue weighted by molar-refractivity contribution is 0.471. The number of aromatic nitrogens is 2. The van der Waals surface area contributed by atoms with E-state index in [1.54, 1.807) is 24.4 Å². The van der Waals surface area contributed by atoms with Crippen molar-refractivity contribution in [2.75, 3.05) is 7.05 Å². The highest BCUT2D eigenvalue weighted by atomic mass is 32.2. The minimum absolute atomic E-state index is 0.259. The summed E-state index contributed by atoms with van der Waals surface area (Å²) in [5.74, 6) is 1.30. The van der Waals surface area contributed by atoms with Gasteiger partial charge in [0.25, 0.3) is 10.0 Å². The predicted molar refractivity (Wildman–Crippen MR) is 99.4 cm³/mol. The highest BCUT2D eigenvalue weighted by Gasteiger charge is 2.30. The van der Waals surface area contributed by atoms with E-state index in [-0.39, 0.29) is 4.90 Å². The summed E-state index contributed by atoms with van der Waals surface area (Å²) in [4.78, 5) is 6.52. The van der Waals surface area contributed by atoms with Crippen LogP contribution >= 0.6 is 0 Å². The Bertz CT molecular complexity index is 1070. The Hall–Kier alpha value is -2.93. The van der Waals surface area contributed by atoms with Crippen molar-refractivity contribution in [3.63, 3.8) is 0 Å². The molecule has 0 spiro atoms. The van der Waals surface area contributed by atoms with Crippen LogP contribution in [0.15, 0.2) is 76.3 Å². The maximum atomic E-state index is 12.2. The second kappa shape index (κ2) is 6.42. The molecule has 3 aromatic rings. The molecule has 132 valence electrons. The third kappa shape index (κ3) is 3.01. The maximum Gasteiger partial charge on any atom is 0.285 e. The van der Waals surface area contributed by atoms with Gasteiger partial charge in [-0.05, 0) is 17.7 Å². The molecule has 0 radical (unpaired) electrons. The number of benzene rings is 2. The number of imidazole rings is 1. The van der Waals surface area contributed by atoms with Gasteiger partial charge in [0.1, 0.15) is 10.7 Å². The standard InChI is InChI=1S/C19H18N4O2S/c1-22(19-16-9-5-6-10-17(16)26(24,25)21-19)14-18-20-11-12-23(18)13-15-7-3-2-4-8-15/h2-12H,13-14H2,1H3. The van der Waals surface area contributed by atoms with Crippen LogP contribution in [-0.2, 0) is 23.1 Å². The summed E-state index contributed by atoms with van der Waals surface area (Å²) in [6.07, 6.45) is 3.69. The minimum atomic E-state index is -3.62. The normalized spacial score (nSPS) is 14.7. The fraction of sp³-hybridized carbons (Fsp3) is 0.158. The lowest BCUT2D eigenvalue weighted by atomic mass is 10.2. The molecule has 0 bridgehead atoms. The smallest absolute Gasteiger partial charge is 0.285 e. The number of nitrogens with zero attached hydrogens (tertiary/aromatic N) is 4. The summed E-state index contributed by atoms with van der Waals surface area (Å²) in [7, 11) is -1.79. The zero-order valence-corrected chi connectivity index (χ0v) is 15.1.